The van der Waals surface area contributed by atoms with Gasteiger partial charge in [0.2, 0.25) is 5.91 Å². The van der Waals surface area contributed by atoms with Crippen LogP contribution in [0.4, 0.5) is 0 Å². The van der Waals surface area contributed by atoms with Gasteiger partial charge in [-0.05, 0) is 30.9 Å². The Morgan fingerprint density at radius 3 is 2.59 bits per heavy atom. The largest absolute Gasteiger partial charge is 0.425 e. The van der Waals surface area contributed by atoms with Crippen molar-refractivity contribution in [2.75, 3.05) is 6.54 Å². The lowest BCUT2D eigenvalue weighted by atomic mass is 10.3. The maximum atomic E-state index is 11.4. The van der Waals surface area contributed by atoms with E-state index in [0.717, 1.165) is 12.8 Å². The lowest BCUT2D eigenvalue weighted by Gasteiger charge is -2.05. The molecule has 0 saturated heterocycles. The third-order valence-electron chi connectivity index (χ3n) is 2.58. The molecule has 0 atom stereocenters. The van der Waals surface area contributed by atoms with Crippen LogP contribution in [-0.2, 0) is 9.59 Å². The van der Waals surface area contributed by atoms with Crippen molar-refractivity contribution in [2.24, 2.45) is 5.92 Å². The van der Waals surface area contributed by atoms with Gasteiger partial charge in [-0.1, -0.05) is 18.2 Å². The number of para-hydroxylation sites is 1. The van der Waals surface area contributed by atoms with Crippen molar-refractivity contribution < 1.29 is 14.3 Å². The Hall–Kier alpha value is -1.84. The standard InChI is InChI=1S/C13H15NO3/c15-12(8-10-6-7-10)14-9-13(16)17-11-4-2-1-3-5-11/h1-5,10H,6-9H2,(H,14,15). The van der Waals surface area contributed by atoms with E-state index < -0.39 is 5.97 Å². The Morgan fingerprint density at radius 1 is 1.24 bits per heavy atom. The highest BCUT2D eigenvalue weighted by atomic mass is 16.5. The average molecular weight is 233 g/mol. The number of hydrogen-bond acceptors (Lipinski definition) is 3. The summed E-state index contributed by atoms with van der Waals surface area (Å²) in [5.41, 5.74) is 0. The maximum Gasteiger partial charge on any atom is 0.330 e. The quantitative estimate of drug-likeness (QED) is 0.619. The van der Waals surface area contributed by atoms with Gasteiger partial charge in [-0.2, -0.15) is 0 Å². The summed E-state index contributed by atoms with van der Waals surface area (Å²) in [6.07, 6.45) is 2.78. The molecule has 1 N–H and O–H groups in total. The molecule has 1 aliphatic rings. The minimum atomic E-state index is -0.444. The van der Waals surface area contributed by atoms with Crippen LogP contribution in [-0.4, -0.2) is 18.4 Å². The number of benzene rings is 1. The molecule has 4 heteroatoms. The molecule has 1 aromatic rings. The van der Waals surface area contributed by atoms with E-state index in [-0.39, 0.29) is 12.5 Å². The van der Waals surface area contributed by atoms with Gasteiger partial charge in [0.15, 0.2) is 0 Å². The van der Waals surface area contributed by atoms with Gasteiger partial charge in [0, 0.05) is 6.42 Å². The number of ether oxygens (including phenoxy) is 1. The summed E-state index contributed by atoms with van der Waals surface area (Å²) in [7, 11) is 0. The number of amides is 1. The summed E-state index contributed by atoms with van der Waals surface area (Å²) in [5.74, 6) is 0.506. The maximum absolute atomic E-state index is 11.4. The van der Waals surface area contributed by atoms with Gasteiger partial charge in [-0.25, -0.2) is 4.79 Å². The highest BCUT2D eigenvalue weighted by Crippen LogP contribution is 2.31. The van der Waals surface area contributed by atoms with Crippen LogP contribution in [0, 0.1) is 5.92 Å². The summed E-state index contributed by atoms with van der Waals surface area (Å²) in [5, 5.41) is 2.56. The zero-order valence-electron chi connectivity index (χ0n) is 9.52. The van der Waals surface area contributed by atoms with Gasteiger partial charge in [0.05, 0.1) is 0 Å². The Labute approximate surface area is 100.0 Å². The topological polar surface area (TPSA) is 55.4 Å². The molecule has 0 aromatic heterocycles. The van der Waals surface area contributed by atoms with Crippen LogP contribution < -0.4 is 10.1 Å². The van der Waals surface area contributed by atoms with Gasteiger partial charge >= 0.3 is 5.97 Å². The predicted octanol–water partition coefficient (Wildman–Crippen LogP) is 1.51. The first kappa shape index (κ1) is 11.6. The molecule has 0 heterocycles. The summed E-state index contributed by atoms with van der Waals surface area (Å²) >= 11 is 0. The van der Waals surface area contributed by atoms with Crippen LogP contribution in [0.5, 0.6) is 5.75 Å². The molecule has 0 aliphatic heterocycles. The van der Waals surface area contributed by atoms with E-state index in [0.29, 0.717) is 18.1 Å². The van der Waals surface area contributed by atoms with Gasteiger partial charge in [0.1, 0.15) is 12.3 Å². The van der Waals surface area contributed by atoms with Gasteiger partial charge in [-0.3, -0.25) is 4.79 Å². The first-order valence-electron chi connectivity index (χ1n) is 5.76. The molecule has 1 fully saturated rings. The highest BCUT2D eigenvalue weighted by molar-refractivity contribution is 5.83. The van der Waals surface area contributed by atoms with Crippen molar-refractivity contribution in [3.8, 4) is 5.75 Å². The Kier molecular flexibility index (Phi) is 3.75. The number of carbonyl (C=O) groups is 2. The van der Waals surface area contributed by atoms with E-state index in [2.05, 4.69) is 5.32 Å². The van der Waals surface area contributed by atoms with Crippen LogP contribution in [0.15, 0.2) is 30.3 Å². The average Bonchev–Trinajstić information content (AvgIpc) is 3.12. The summed E-state index contributed by atoms with van der Waals surface area (Å²) < 4.78 is 5.03. The molecular formula is C13H15NO3. The molecule has 17 heavy (non-hydrogen) atoms. The molecule has 0 radical (unpaired) electrons. The Bertz CT molecular complexity index is 398. The Morgan fingerprint density at radius 2 is 1.94 bits per heavy atom. The third-order valence-corrected chi connectivity index (χ3v) is 2.58. The molecule has 90 valence electrons. The SMILES string of the molecule is O=C(CC1CC1)NCC(=O)Oc1ccccc1. The number of hydrogen-bond donors (Lipinski definition) is 1. The zero-order chi connectivity index (χ0) is 12.1. The summed E-state index contributed by atoms with van der Waals surface area (Å²) in [6, 6.07) is 8.81. The van der Waals surface area contributed by atoms with Crippen molar-refractivity contribution >= 4 is 11.9 Å². The minimum Gasteiger partial charge on any atom is -0.425 e. The molecule has 2 rings (SSSR count). The van der Waals surface area contributed by atoms with E-state index in [9.17, 15) is 9.59 Å². The van der Waals surface area contributed by atoms with Crippen LogP contribution >= 0.6 is 0 Å². The second kappa shape index (κ2) is 5.48. The van der Waals surface area contributed by atoms with Crippen molar-refractivity contribution in [1.82, 2.24) is 5.32 Å². The van der Waals surface area contributed by atoms with E-state index in [1.807, 2.05) is 6.07 Å². The van der Waals surface area contributed by atoms with Crippen molar-refractivity contribution in [3.63, 3.8) is 0 Å². The minimum absolute atomic E-state index is 0.0690. The first-order valence-corrected chi connectivity index (χ1v) is 5.76. The van der Waals surface area contributed by atoms with Crippen LogP contribution in [0.1, 0.15) is 19.3 Å². The molecule has 4 nitrogen and oxygen atoms in total. The molecule has 1 saturated carbocycles. The number of nitrogens with one attached hydrogen (secondary N) is 1. The monoisotopic (exact) mass is 233 g/mol. The number of rotatable bonds is 5. The van der Waals surface area contributed by atoms with E-state index in [1.54, 1.807) is 24.3 Å². The Balaban J connectivity index is 1.68. The number of esters is 1. The fourth-order valence-corrected chi connectivity index (χ4v) is 1.48. The van der Waals surface area contributed by atoms with E-state index in [1.165, 1.54) is 0 Å². The normalized spacial score (nSPS) is 14.1. The first-order chi connectivity index (χ1) is 8.24. The predicted molar refractivity (Wildman–Crippen MR) is 62.4 cm³/mol. The molecule has 1 aliphatic carbocycles. The lowest BCUT2D eigenvalue weighted by Crippen LogP contribution is -2.31. The summed E-state index contributed by atoms with van der Waals surface area (Å²) in [6.45, 7) is -0.0690. The van der Waals surface area contributed by atoms with E-state index >= 15 is 0 Å². The van der Waals surface area contributed by atoms with Gasteiger partial charge in [0.25, 0.3) is 0 Å². The third kappa shape index (κ3) is 4.26. The molecule has 0 bridgehead atoms. The van der Waals surface area contributed by atoms with Crippen LogP contribution in [0.3, 0.4) is 0 Å². The lowest BCUT2D eigenvalue weighted by molar-refractivity contribution is -0.135. The molecule has 0 unspecified atom stereocenters. The molecule has 1 aromatic carbocycles. The fourth-order valence-electron chi connectivity index (χ4n) is 1.48. The van der Waals surface area contributed by atoms with Crippen molar-refractivity contribution in [3.05, 3.63) is 30.3 Å². The van der Waals surface area contributed by atoms with Crippen molar-refractivity contribution in [2.45, 2.75) is 19.3 Å². The number of carbonyl (C=O) groups excluding carboxylic acids is 2. The molecular weight excluding hydrogens is 218 g/mol. The smallest absolute Gasteiger partial charge is 0.330 e. The van der Waals surface area contributed by atoms with E-state index in [4.69, 9.17) is 4.74 Å². The zero-order valence-corrected chi connectivity index (χ0v) is 9.52. The van der Waals surface area contributed by atoms with Crippen LogP contribution in [0.25, 0.3) is 0 Å². The highest BCUT2D eigenvalue weighted by Gasteiger charge is 2.24. The second-order valence-electron chi connectivity index (χ2n) is 4.21. The summed E-state index contributed by atoms with van der Waals surface area (Å²) in [4.78, 5) is 22.7. The molecule has 0 spiro atoms. The van der Waals surface area contributed by atoms with Gasteiger partial charge < -0.3 is 10.1 Å². The van der Waals surface area contributed by atoms with Crippen molar-refractivity contribution in [1.29, 1.82) is 0 Å². The second-order valence-corrected chi connectivity index (χ2v) is 4.21. The molecule has 1 amide bonds. The fraction of sp³-hybridized carbons (Fsp3) is 0.385. The van der Waals surface area contributed by atoms with Crippen LogP contribution in [0.2, 0.25) is 0 Å². The van der Waals surface area contributed by atoms with Gasteiger partial charge in [-0.15, -0.1) is 0 Å².